The van der Waals surface area contributed by atoms with Crippen molar-refractivity contribution in [3.8, 4) is 22.3 Å². The molecule has 1 aliphatic carbocycles. The van der Waals surface area contributed by atoms with Crippen molar-refractivity contribution in [2.24, 2.45) is 0 Å². The number of fused-ring (bicyclic) bond motifs is 3. The minimum atomic E-state index is -1.42. The van der Waals surface area contributed by atoms with Crippen LogP contribution in [0.15, 0.2) is 24.3 Å². The molecule has 0 aliphatic heterocycles. The molecule has 1 aliphatic rings. The Hall–Kier alpha value is -2.76. The molecule has 6 heteroatoms. The number of rotatable bonds is 7. The maximum Gasteiger partial charge on any atom is 0.167 e. The van der Waals surface area contributed by atoms with Gasteiger partial charge in [-0.1, -0.05) is 51.3 Å². The van der Waals surface area contributed by atoms with Gasteiger partial charge in [-0.05, 0) is 54.0 Å². The van der Waals surface area contributed by atoms with Gasteiger partial charge in [0.15, 0.2) is 34.9 Å². The molecule has 0 nitrogen and oxygen atoms in total. The monoisotopic (exact) mass is 462 g/mol. The number of aryl methyl sites for hydroxylation is 2. The SMILES string of the molecule is CCCCCc1ccc(-c2cc3c(c(F)c2F)-c2c(cc(CCC)c(F)c2F)C3)c(F)c1F. The van der Waals surface area contributed by atoms with Crippen LogP contribution in [0.3, 0.4) is 0 Å². The molecule has 4 rings (SSSR count). The predicted molar refractivity (Wildman–Crippen MR) is 117 cm³/mol. The van der Waals surface area contributed by atoms with Crippen LogP contribution >= 0.6 is 0 Å². The van der Waals surface area contributed by atoms with Crippen LogP contribution < -0.4 is 0 Å². The molecule has 0 N–H and O–H groups in total. The number of hydrogen-bond acceptors (Lipinski definition) is 0. The minimum Gasteiger partial charge on any atom is -0.203 e. The molecule has 174 valence electrons. The summed E-state index contributed by atoms with van der Waals surface area (Å²) in [6, 6.07) is 5.30. The maximum atomic E-state index is 15.1. The summed E-state index contributed by atoms with van der Waals surface area (Å²) in [4.78, 5) is 0. The highest BCUT2D eigenvalue weighted by Gasteiger charge is 2.32. The highest BCUT2D eigenvalue weighted by Crippen LogP contribution is 2.45. The summed E-state index contributed by atoms with van der Waals surface area (Å²) in [5, 5.41) is 0. The topological polar surface area (TPSA) is 0 Å². The third-order valence-electron chi connectivity index (χ3n) is 6.30. The van der Waals surface area contributed by atoms with Crippen molar-refractivity contribution in [1.82, 2.24) is 0 Å². The summed E-state index contributed by atoms with van der Waals surface area (Å²) >= 11 is 0. The van der Waals surface area contributed by atoms with Crippen molar-refractivity contribution in [3.63, 3.8) is 0 Å². The zero-order valence-corrected chi connectivity index (χ0v) is 18.5. The Bertz CT molecular complexity index is 1230. The lowest BCUT2D eigenvalue weighted by Gasteiger charge is -2.13. The van der Waals surface area contributed by atoms with Gasteiger partial charge in [-0.2, -0.15) is 0 Å². The van der Waals surface area contributed by atoms with E-state index in [0.717, 1.165) is 12.8 Å². The first kappa shape index (κ1) is 23.4. The second kappa shape index (κ2) is 9.24. The Morgan fingerprint density at radius 3 is 1.85 bits per heavy atom. The van der Waals surface area contributed by atoms with Crippen molar-refractivity contribution in [3.05, 3.63) is 81.4 Å². The molecule has 0 fully saturated rings. The van der Waals surface area contributed by atoms with E-state index in [4.69, 9.17) is 0 Å². The van der Waals surface area contributed by atoms with Crippen LogP contribution in [0, 0.1) is 34.9 Å². The molecule has 0 saturated carbocycles. The molecule has 0 atom stereocenters. The van der Waals surface area contributed by atoms with E-state index in [1.807, 2.05) is 13.8 Å². The fraction of sp³-hybridized carbons (Fsp3) is 0.333. The molecule has 0 spiro atoms. The van der Waals surface area contributed by atoms with E-state index in [2.05, 4.69) is 0 Å². The van der Waals surface area contributed by atoms with Gasteiger partial charge < -0.3 is 0 Å². The molecule has 0 radical (unpaired) electrons. The summed E-state index contributed by atoms with van der Waals surface area (Å²) in [5.41, 5.74) is -0.593. The molecule has 33 heavy (non-hydrogen) atoms. The first-order valence-electron chi connectivity index (χ1n) is 11.3. The molecule has 0 heterocycles. The molecule has 3 aromatic carbocycles. The minimum absolute atomic E-state index is 0.0436. The van der Waals surface area contributed by atoms with E-state index in [9.17, 15) is 17.6 Å². The Labute approximate surface area is 189 Å². The average molecular weight is 462 g/mol. The van der Waals surface area contributed by atoms with Crippen LogP contribution in [0.4, 0.5) is 26.3 Å². The van der Waals surface area contributed by atoms with E-state index in [-0.39, 0.29) is 34.2 Å². The number of unbranched alkanes of at least 4 members (excludes halogenated alkanes) is 2. The lowest BCUT2D eigenvalue weighted by molar-refractivity contribution is 0.491. The normalized spacial score (nSPS) is 12.2. The third kappa shape index (κ3) is 3.94. The first-order valence-corrected chi connectivity index (χ1v) is 11.3. The van der Waals surface area contributed by atoms with E-state index < -0.39 is 46.0 Å². The predicted octanol–water partition coefficient (Wildman–Crippen LogP) is 8.44. The number of halogens is 6. The quantitative estimate of drug-likeness (QED) is 0.191. The van der Waals surface area contributed by atoms with Crippen molar-refractivity contribution in [1.29, 1.82) is 0 Å². The lowest BCUT2D eigenvalue weighted by Crippen LogP contribution is -2.02. The molecule has 0 amide bonds. The molecule has 0 aromatic heterocycles. The summed E-state index contributed by atoms with van der Waals surface area (Å²) in [7, 11) is 0. The Morgan fingerprint density at radius 2 is 1.18 bits per heavy atom. The molecule has 0 bridgehead atoms. The molecular weight excluding hydrogens is 438 g/mol. The summed E-state index contributed by atoms with van der Waals surface area (Å²) < 4.78 is 89.0. The summed E-state index contributed by atoms with van der Waals surface area (Å²) in [5.74, 6) is -7.43. The van der Waals surface area contributed by atoms with Gasteiger partial charge in [0.25, 0.3) is 0 Å². The van der Waals surface area contributed by atoms with Gasteiger partial charge in [-0.15, -0.1) is 0 Å². The van der Waals surface area contributed by atoms with Crippen molar-refractivity contribution in [2.45, 2.75) is 58.8 Å². The molecule has 3 aromatic rings. The largest absolute Gasteiger partial charge is 0.203 e. The Balaban J connectivity index is 1.81. The van der Waals surface area contributed by atoms with Gasteiger partial charge in [-0.3, -0.25) is 0 Å². The Kier molecular flexibility index (Phi) is 6.55. The van der Waals surface area contributed by atoms with E-state index >= 15 is 8.78 Å². The van der Waals surface area contributed by atoms with Crippen molar-refractivity contribution in [2.75, 3.05) is 0 Å². The first-order chi connectivity index (χ1) is 15.8. The Morgan fingerprint density at radius 1 is 0.576 bits per heavy atom. The molecule has 0 saturated heterocycles. The zero-order chi connectivity index (χ0) is 23.9. The third-order valence-corrected chi connectivity index (χ3v) is 6.30. The smallest absolute Gasteiger partial charge is 0.167 e. The standard InChI is InChI=1S/C27H24F6/c1-3-5-6-8-14-9-10-18(24(30)22(14)28)19-13-17-12-16-11-15(7-4-2)23(29)26(32)20(16)21(17)27(33)25(19)31/h9-11,13H,3-8,12H2,1-2H3. The van der Waals surface area contributed by atoms with E-state index in [1.165, 1.54) is 24.3 Å². The van der Waals surface area contributed by atoms with Crippen LogP contribution in [-0.4, -0.2) is 0 Å². The van der Waals surface area contributed by atoms with Crippen LogP contribution in [-0.2, 0) is 19.3 Å². The van der Waals surface area contributed by atoms with Gasteiger partial charge in [0.2, 0.25) is 0 Å². The zero-order valence-electron chi connectivity index (χ0n) is 18.5. The van der Waals surface area contributed by atoms with Gasteiger partial charge >= 0.3 is 0 Å². The second-order valence-electron chi connectivity index (χ2n) is 8.57. The maximum absolute atomic E-state index is 15.1. The number of benzene rings is 3. The average Bonchev–Trinajstić information content (AvgIpc) is 3.16. The molecular formula is C27H24F6. The van der Waals surface area contributed by atoms with Gasteiger partial charge in [-0.25, -0.2) is 26.3 Å². The number of hydrogen-bond donors (Lipinski definition) is 0. The van der Waals surface area contributed by atoms with Crippen LogP contribution in [0.5, 0.6) is 0 Å². The summed E-state index contributed by atoms with van der Waals surface area (Å²) in [6.07, 6.45) is 3.77. The van der Waals surface area contributed by atoms with Crippen LogP contribution in [0.25, 0.3) is 22.3 Å². The fourth-order valence-corrected chi connectivity index (χ4v) is 4.64. The second-order valence-corrected chi connectivity index (χ2v) is 8.57. The van der Waals surface area contributed by atoms with Gasteiger partial charge in [0.1, 0.15) is 0 Å². The lowest BCUT2D eigenvalue weighted by atomic mass is 9.95. The van der Waals surface area contributed by atoms with Gasteiger partial charge in [0, 0.05) is 22.3 Å². The highest BCUT2D eigenvalue weighted by atomic mass is 19.2. The van der Waals surface area contributed by atoms with E-state index in [0.29, 0.717) is 31.2 Å². The van der Waals surface area contributed by atoms with Crippen LogP contribution in [0.2, 0.25) is 0 Å². The van der Waals surface area contributed by atoms with Gasteiger partial charge in [0.05, 0.1) is 0 Å². The fourth-order valence-electron chi connectivity index (χ4n) is 4.64. The van der Waals surface area contributed by atoms with Crippen LogP contribution in [0.1, 0.15) is 61.8 Å². The summed E-state index contributed by atoms with van der Waals surface area (Å²) in [6.45, 7) is 3.82. The van der Waals surface area contributed by atoms with Crippen molar-refractivity contribution >= 4 is 0 Å². The highest BCUT2D eigenvalue weighted by molar-refractivity contribution is 5.82. The van der Waals surface area contributed by atoms with Crippen molar-refractivity contribution < 1.29 is 26.3 Å². The van der Waals surface area contributed by atoms with E-state index in [1.54, 1.807) is 0 Å². The molecule has 0 unspecified atom stereocenters.